The van der Waals surface area contributed by atoms with Gasteiger partial charge in [0.2, 0.25) is 5.91 Å². The van der Waals surface area contributed by atoms with Crippen LogP contribution >= 0.6 is 0 Å². The van der Waals surface area contributed by atoms with Crippen LogP contribution in [0.1, 0.15) is 47.2 Å². The highest BCUT2D eigenvalue weighted by Crippen LogP contribution is 2.28. The predicted molar refractivity (Wildman–Crippen MR) is 126 cm³/mol. The summed E-state index contributed by atoms with van der Waals surface area (Å²) in [5, 5.41) is 0. The van der Waals surface area contributed by atoms with Gasteiger partial charge in [-0.05, 0) is 42.7 Å². The van der Waals surface area contributed by atoms with Gasteiger partial charge in [0.25, 0.3) is 5.91 Å². The molecule has 3 aliphatic rings. The van der Waals surface area contributed by atoms with Crippen LogP contribution in [0, 0.1) is 17.6 Å². The Kier molecular flexibility index (Phi) is 6.30. The lowest BCUT2D eigenvalue weighted by atomic mass is 10.1. The molecule has 2 amide bonds. The summed E-state index contributed by atoms with van der Waals surface area (Å²) >= 11 is 0. The van der Waals surface area contributed by atoms with E-state index in [2.05, 4.69) is 4.99 Å². The van der Waals surface area contributed by atoms with Gasteiger partial charge in [0, 0.05) is 44.9 Å². The number of rotatable bonds is 4. The topological polar surface area (TPSA) is 56.2 Å². The fraction of sp³-hybridized carbons (Fsp3) is 0.423. The molecule has 1 saturated heterocycles. The maximum atomic E-state index is 14.7. The van der Waals surface area contributed by atoms with E-state index in [1.807, 2.05) is 15.9 Å². The van der Waals surface area contributed by atoms with Crippen LogP contribution in [-0.2, 0) is 11.3 Å². The number of fused-ring (bicyclic) bond motifs is 1. The number of aliphatic imine (C=N–C) groups is 1. The molecule has 0 atom stereocenters. The number of piperazine rings is 1. The zero-order valence-electron chi connectivity index (χ0n) is 19.1. The van der Waals surface area contributed by atoms with Gasteiger partial charge in [-0.2, -0.15) is 0 Å². The van der Waals surface area contributed by atoms with Crippen LogP contribution in [-0.4, -0.2) is 60.7 Å². The van der Waals surface area contributed by atoms with Crippen molar-refractivity contribution in [1.82, 2.24) is 9.80 Å². The number of hydrogen-bond acceptors (Lipinski definition) is 4. The Balaban J connectivity index is 1.26. The molecule has 0 spiro atoms. The molecule has 2 aromatic carbocycles. The van der Waals surface area contributed by atoms with Crippen molar-refractivity contribution < 1.29 is 18.4 Å². The number of anilines is 1. The van der Waals surface area contributed by atoms with Gasteiger partial charge in [-0.1, -0.05) is 25.0 Å². The summed E-state index contributed by atoms with van der Waals surface area (Å²) in [6, 6.07) is 9.39. The third-order valence-electron chi connectivity index (χ3n) is 7.06. The van der Waals surface area contributed by atoms with E-state index in [0.717, 1.165) is 36.9 Å². The van der Waals surface area contributed by atoms with E-state index >= 15 is 0 Å². The lowest BCUT2D eigenvalue weighted by molar-refractivity contribution is -0.136. The first-order valence-electron chi connectivity index (χ1n) is 11.9. The summed E-state index contributed by atoms with van der Waals surface area (Å²) in [5.74, 6) is -0.962. The number of benzene rings is 2. The summed E-state index contributed by atoms with van der Waals surface area (Å²) in [5.41, 5.74) is 1.91. The number of amides is 2. The Morgan fingerprint density at radius 2 is 1.68 bits per heavy atom. The molecule has 2 aliphatic heterocycles. The Labute approximate surface area is 197 Å². The van der Waals surface area contributed by atoms with Crippen LogP contribution in [0.3, 0.4) is 0 Å². The Hall–Kier alpha value is -3.29. The van der Waals surface area contributed by atoms with Crippen LogP contribution < -0.4 is 4.90 Å². The highest BCUT2D eigenvalue weighted by molar-refractivity contribution is 5.95. The second-order valence-electron chi connectivity index (χ2n) is 9.24. The number of halogens is 2. The predicted octanol–water partition coefficient (Wildman–Crippen LogP) is 3.84. The summed E-state index contributed by atoms with van der Waals surface area (Å²) in [4.78, 5) is 35.4. The van der Waals surface area contributed by atoms with E-state index in [9.17, 15) is 18.4 Å². The number of carbonyl (C=O) groups excluding carboxylic acids is 2. The van der Waals surface area contributed by atoms with E-state index < -0.39 is 5.82 Å². The van der Waals surface area contributed by atoms with E-state index in [-0.39, 0.29) is 29.1 Å². The zero-order valence-corrected chi connectivity index (χ0v) is 19.1. The summed E-state index contributed by atoms with van der Waals surface area (Å²) in [6.45, 7) is 2.49. The van der Waals surface area contributed by atoms with Crippen LogP contribution in [0.25, 0.3) is 0 Å². The summed E-state index contributed by atoms with van der Waals surface area (Å²) in [6.07, 6.45) is 5.65. The lowest BCUT2D eigenvalue weighted by Gasteiger charge is -2.36. The van der Waals surface area contributed by atoms with Crippen molar-refractivity contribution in [1.29, 1.82) is 0 Å². The molecule has 5 rings (SSSR count). The minimum atomic E-state index is -0.568. The second kappa shape index (κ2) is 9.52. The van der Waals surface area contributed by atoms with Crippen LogP contribution in [0.2, 0.25) is 0 Å². The fourth-order valence-electron chi connectivity index (χ4n) is 5.16. The molecule has 2 heterocycles. The van der Waals surface area contributed by atoms with Crippen molar-refractivity contribution in [2.24, 2.45) is 10.9 Å². The molecule has 34 heavy (non-hydrogen) atoms. The molecule has 8 heteroatoms. The van der Waals surface area contributed by atoms with E-state index in [4.69, 9.17) is 0 Å². The van der Waals surface area contributed by atoms with Crippen molar-refractivity contribution >= 4 is 23.7 Å². The smallest absolute Gasteiger partial charge is 0.256 e. The number of hydrogen-bond donors (Lipinski definition) is 0. The third kappa shape index (κ3) is 4.41. The molecule has 0 bridgehead atoms. The molecule has 0 unspecified atom stereocenters. The maximum Gasteiger partial charge on any atom is 0.256 e. The van der Waals surface area contributed by atoms with Crippen LogP contribution in [0.15, 0.2) is 41.4 Å². The van der Waals surface area contributed by atoms with Gasteiger partial charge in [0.1, 0.15) is 18.3 Å². The molecule has 0 aromatic heterocycles. The minimum absolute atomic E-state index is 0.0213. The van der Waals surface area contributed by atoms with Gasteiger partial charge >= 0.3 is 0 Å². The van der Waals surface area contributed by atoms with Crippen molar-refractivity contribution in [3.63, 3.8) is 0 Å². The first-order chi connectivity index (χ1) is 16.5. The molecule has 0 radical (unpaired) electrons. The molecular formula is C26H28F2N4O2. The first kappa shape index (κ1) is 22.5. The van der Waals surface area contributed by atoms with Crippen molar-refractivity contribution in [2.45, 2.75) is 32.2 Å². The molecule has 1 saturated carbocycles. The molecule has 1 aliphatic carbocycles. The molecule has 2 aromatic rings. The molecule has 178 valence electrons. The Morgan fingerprint density at radius 1 is 0.941 bits per heavy atom. The van der Waals surface area contributed by atoms with Crippen molar-refractivity contribution in [3.8, 4) is 0 Å². The molecular weight excluding hydrogens is 438 g/mol. The third-order valence-corrected chi connectivity index (χ3v) is 7.06. The second-order valence-corrected chi connectivity index (χ2v) is 9.24. The van der Waals surface area contributed by atoms with Crippen LogP contribution in [0.4, 0.5) is 14.5 Å². The maximum absolute atomic E-state index is 14.7. The highest BCUT2D eigenvalue weighted by atomic mass is 19.1. The standard InChI is InChI=1S/C26H28F2N4O2/c27-22-6-3-7-24-21(22)15-29-17-32(24)16-18-8-9-23(28)20(14-18)26(34)31-12-10-30(11-13-31)25(33)19-4-1-2-5-19/h3,6-9,14-15,19H,1-2,4-5,10-13,16-17H2. The van der Waals surface area contributed by atoms with Gasteiger partial charge in [-0.15, -0.1) is 0 Å². The Bertz CT molecular complexity index is 1120. The van der Waals surface area contributed by atoms with Gasteiger partial charge in [0.05, 0.1) is 16.8 Å². The van der Waals surface area contributed by atoms with E-state index in [0.29, 0.717) is 45.0 Å². The molecule has 6 nitrogen and oxygen atoms in total. The first-order valence-corrected chi connectivity index (χ1v) is 11.9. The quantitative estimate of drug-likeness (QED) is 0.688. The summed E-state index contributed by atoms with van der Waals surface area (Å²) in [7, 11) is 0. The number of carbonyl (C=O) groups is 2. The van der Waals surface area contributed by atoms with Crippen molar-refractivity contribution in [3.05, 3.63) is 64.7 Å². The average molecular weight is 467 g/mol. The van der Waals surface area contributed by atoms with Crippen LogP contribution in [0.5, 0.6) is 0 Å². The average Bonchev–Trinajstić information content (AvgIpc) is 3.40. The normalized spacial score (nSPS) is 18.4. The van der Waals surface area contributed by atoms with Gasteiger partial charge in [0.15, 0.2) is 0 Å². The van der Waals surface area contributed by atoms with Gasteiger partial charge < -0.3 is 14.7 Å². The minimum Gasteiger partial charge on any atom is -0.347 e. The van der Waals surface area contributed by atoms with Gasteiger partial charge in [-0.25, -0.2) is 8.78 Å². The fourth-order valence-corrected chi connectivity index (χ4v) is 5.16. The number of nitrogens with zero attached hydrogens (tertiary/aromatic N) is 4. The van der Waals surface area contributed by atoms with Crippen molar-refractivity contribution in [2.75, 3.05) is 37.7 Å². The summed E-state index contributed by atoms with van der Waals surface area (Å²) < 4.78 is 28.8. The van der Waals surface area contributed by atoms with E-state index in [1.54, 1.807) is 23.1 Å². The molecule has 0 N–H and O–H groups in total. The SMILES string of the molecule is O=C(c1cc(CN2CN=Cc3c(F)cccc32)ccc1F)N1CCN(C(=O)C2CCCC2)CC1. The Morgan fingerprint density at radius 3 is 2.44 bits per heavy atom. The highest BCUT2D eigenvalue weighted by Gasteiger charge is 2.31. The van der Waals surface area contributed by atoms with Gasteiger partial charge in [-0.3, -0.25) is 14.6 Å². The zero-order chi connectivity index (χ0) is 23.7. The molecule has 2 fully saturated rings. The lowest BCUT2D eigenvalue weighted by Crippen LogP contribution is -2.51. The largest absolute Gasteiger partial charge is 0.347 e. The monoisotopic (exact) mass is 466 g/mol. The van der Waals surface area contributed by atoms with E-state index in [1.165, 1.54) is 18.3 Å².